The minimum absolute atomic E-state index is 0.00730. The van der Waals surface area contributed by atoms with Crippen molar-refractivity contribution in [2.45, 2.75) is 26.2 Å². The second kappa shape index (κ2) is 8.06. The summed E-state index contributed by atoms with van der Waals surface area (Å²) in [7, 11) is 0. The topological polar surface area (TPSA) is 49.3 Å². The molecule has 0 aliphatic rings. The summed E-state index contributed by atoms with van der Waals surface area (Å²) in [5.74, 6) is -0.515. The molecule has 1 amide bonds. The third-order valence-corrected chi connectivity index (χ3v) is 4.06. The fraction of sp³-hybridized carbons (Fsp3) is 0.350. The second-order valence-electron chi connectivity index (χ2n) is 6.82. The zero-order valence-corrected chi connectivity index (χ0v) is 14.1. The van der Waals surface area contributed by atoms with Crippen molar-refractivity contribution < 1.29 is 14.3 Å². The van der Waals surface area contributed by atoms with E-state index in [4.69, 9.17) is 0 Å². The van der Waals surface area contributed by atoms with Gasteiger partial charge in [0.15, 0.2) is 0 Å². The van der Waals surface area contributed by atoms with Crippen LogP contribution in [0.3, 0.4) is 0 Å². The maximum Gasteiger partial charge on any atom is 0.220 e. The largest absolute Gasteiger partial charge is 0.396 e. The zero-order valence-electron chi connectivity index (χ0n) is 14.1. The second-order valence-corrected chi connectivity index (χ2v) is 6.82. The molecule has 0 radical (unpaired) electrons. The lowest BCUT2D eigenvalue weighted by Gasteiger charge is -2.23. The monoisotopic (exact) mass is 329 g/mol. The summed E-state index contributed by atoms with van der Waals surface area (Å²) in [6, 6.07) is 16.0. The number of carbonyl (C=O) groups excluding carboxylic acids is 1. The van der Waals surface area contributed by atoms with Crippen molar-refractivity contribution >= 4 is 5.91 Å². The number of aliphatic hydroxyl groups excluding tert-OH is 1. The number of rotatable bonds is 7. The molecule has 2 aromatic rings. The Kier molecular flexibility index (Phi) is 6.10. The molecule has 128 valence electrons. The van der Waals surface area contributed by atoms with Gasteiger partial charge in [0.05, 0.1) is 0 Å². The quantitative estimate of drug-likeness (QED) is 0.817. The number of carbonyl (C=O) groups is 1. The maximum atomic E-state index is 13.2. The number of benzene rings is 2. The zero-order chi connectivity index (χ0) is 17.6. The number of aliphatic hydroxyl groups is 1. The van der Waals surface area contributed by atoms with Crippen molar-refractivity contribution in [3.63, 3.8) is 0 Å². The van der Waals surface area contributed by atoms with Crippen molar-refractivity contribution in [2.75, 3.05) is 13.2 Å². The van der Waals surface area contributed by atoms with E-state index in [2.05, 4.69) is 5.32 Å². The highest BCUT2D eigenvalue weighted by Crippen LogP contribution is 2.28. The molecule has 0 saturated carbocycles. The van der Waals surface area contributed by atoms with Gasteiger partial charge in [-0.15, -0.1) is 0 Å². The molecule has 0 unspecified atom stereocenters. The molecule has 1 atom stereocenters. The number of amides is 1. The molecular formula is C20H24FNO2. The van der Waals surface area contributed by atoms with Crippen LogP contribution in [0.5, 0.6) is 0 Å². The lowest BCUT2D eigenvalue weighted by molar-refractivity contribution is -0.121. The Labute approximate surface area is 142 Å². The summed E-state index contributed by atoms with van der Waals surface area (Å²) >= 11 is 0. The lowest BCUT2D eigenvalue weighted by atomic mass is 9.88. The number of hydrogen-bond acceptors (Lipinski definition) is 2. The first-order valence-electron chi connectivity index (χ1n) is 8.09. The van der Waals surface area contributed by atoms with Crippen molar-refractivity contribution in [3.05, 3.63) is 71.5 Å². The normalized spacial score (nSPS) is 12.7. The van der Waals surface area contributed by atoms with E-state index in [0.717, 1.165) is 11.1 Å². The van der Waals surface area contributed by atoms with Gasteiger partial charge < -0.3 is 10.4 Å². The van der Waals surface area contributed by atoms with E-state index in [1.165, 1.54) is 12.1 Å². The highest BCUT2D eigenvalue weighted by Gasteiger charge is 2.21. The van der Waals surface area contributed by atoms with Crippen molar-refractivity contribution in [1.82, 2.24) is 5.32 Å². The minimum Gasteiger partial charge on any atom is -0.396 e. The summed E-state index contributed by atoms with van der Waals surface area (Å²) in [6.07, 6.45) is 0.275. The van der Waals surface area contributed by atoms with Gasteiger partial charge in [-0.3, -0.25) is 4.79 Å². The van der Waals surface area contributed by atoms with Crippen LogP contribution in [0.15, 0.2) is 54.6 Å². The van der Waals surface area contributed by atoms with E-state index in [1.807, 2.05) is 44.2 Å². The Bertz CT molecular complexity index is 653. The first-order valence-corrected chi connectivity index (χ1v) is 8.09. The Morgan fingerprint density at radius 1 is 1.08 bits per heavy atom. The van der Waals surface area contributed by atoms with E-state index in [-0.39, 0.29) is 36.1 Å². The molecule has 0 saturated heterocycles. The Morgan fingerprint density at radius 3 is 2.25 bits per heavy atom. The predicted octanol–water partition coefficient (Wildman–Crippen LogP) is 3.48. The molecule has 2 rings (SSSR count). The third-order valence-electron chi connectivity index (χ3n) is 4.06. The molecule has 0 spiro atoms. The Hall–Kier alpha value is -2.20. The first kappa shape index (κ1) is 18.1. The number of nitrogens with one attached hydrogen (secondary N) is 1. The highest BCUT2D eigenvalue weighted by atomic mass is 19.1. The fourth-order valence-electron chi connectivity index (χ4n) is 2.46. The summed E-state index contributed by atoms with van der Waals surface area (Å²) < 4.78 is 13.2. The van der Waals surface area contributed by atoms with Gasteiger partial charge in [-0.2, -0.15) is 0 Å². The van der Waals surface area contributed by atoms with Gasteiger partial charge in [-0.05, 0) is 23.3 Å². The molecule has 2 aromatic carbocycles. The van der Waals surface area contributed by atoms with Crippen LogP contribution in [0.4, 0.5) is 4.39 Å². The van der Waals surface area contributed by atoms with Gasteiger partial charge in [0, 0.05) is 30.9 Å². The Balaban J connectivity index is 2.15. The standard InChI is InChI=1S/C20H24FNO2/c1-20(2,14-23)13-22-19(24)12-18(15-6-4-3-5-7-15)16-8-10-17(21)11-9-16/h3-11,18,23H,12-14H2,1-2H3,(H,22,24)/t18-/m0/s1. The summed E-state index contributed by atoms with van der Waals surface area (Å²) in [6.45, 7) is 4.20. The van der Waals surface area contributed by atoms with E-state index < -0.39 is 0 Å². The van der Waals surface area contributed by atoms with Crippen molar-refractivity contribution in [3.8, 4) is 0 Å². The number of hydrogen-bond donors (Lipinski definition) is 2. The molecule has 0 bridgehead atoms. The fourth-order valence-corrected chi connectivity index (χ4v) is 2.46. The molecule has 2 N–H and O–H groups in total. The van der Waals surface area contributed by atoms with E-state index in [9.17, 15) is 14.3 Å². The van der Waals surface area contributed by atoms with Crippen LogP contribution in [0.25, 0.3) is 0 Å². The van der Waals surface area contributed by atoms with Gasteiger partial charge in [-0.1, -0.05) is 56.3 Å². The van der Waals surface area contributed by atoms with Crippen LogP contribution in [-0.2, 0) is 4.79 Å². The molecule has 0 aliphatic heterocycles. The molecule has 3 nitrogen and oxygen atoms in total. The summed E-state index contributed by atoms with van der Waals surface area (Å²) in [5.41, 5.74) is 1.56. The molecule has 4 heteroatoms. The van der Waals surface area contributed by atoms with E-state index >= 15 is 0 Å². The summed E-state index contributed by atoms with van der Waals surface area (Å²) in [5, 5.41) is 12.2. The average Bonchev–Trinajstić information content (AvgIpc) is 2.60. The smallest absolute Gasteiger partial charge is 0.220 e. The lowest BCUT2D eigenvalue weighted by Crippen LogP contribution is -2.36. The van der Waals surface area contributed by atoms with Gasteiger partial charge in [0.1, 0.15) is 5.82 Å². The van der Waals surface area contributed by atoms with Gasteiger partial charge in [-0.25, -0.2) is 4.39 Å². The van der Waals surface area contributed by atoms with Crippen molar-refractivity contribution in [2.24, 2.45) is 5.41 Å². The molecule has 0 fully saturated rings. The van der Waals surface area contributed by atoms with Gasteiger partial charge >= 0.3 is 0 Å². The maximum absolute atomic E-state index is 13.2. The molecule has 0 aliphatic carbocycles. The molecule has 0 heterocycles. The third kappa shape index (κ3) is 5.17. The van der Waals surface area contributed by atoms with Crippen molar-refractivity contribution in [1.29, 1.82) is 0 Å². The summed E-state index contributed by atoms with van der Waals surface area (Å²) in [4.78, 5) is 12.4. The first-order chi connectivity index (χ1) is 11.4. The number of halogens is 1. The van der Waals surface area contributed by atoms with Crippen LogP contribution in [0.2, 0.25) is 0 Å². The van der Waals surface area contributed by atoms with E-state index in [1.54, 1.807) is 12.1 Å². The van der Waals surface area contributed by atoms with Crippen LogP contribution in [-0.4, -0.2) is 24.2 Å². The van der Waals surface area contributed by atoms with Gasteiger partial charge in [0.25, 0.3) is 0 Å². The predicted molar refractivity (Wildman–Crippen MR) is 93.2 cm³/mol. The van der Waals surface area contributed by atoms with E-state index in [0.29, 0.717) is 6.54 Å². The SMILES string of the molecule is CC(C)(CO)CNC(=O)C[C@@H](c1ccccc1)c1ccc(F)cc1. The molecule has 0 aromatic heterocycles. The van der Waals surface area contributed by atoms with Crippen LogP contribution in [0, 0.1) is 11.2 Å². The Morgan fingerprint density at radius 2 is 1.67 bits per heavy atom. The van der Waals surface area contributed by atoms with Crippen LogP contribution < -0.4 is 5.32 Å². The van der Waals surface area contributed by atoms with Crippen LogP contribution in [0.1, 0.15) is 37.3 Å². The molecular weight excluding hydrogens is 305 g/mol. The van der Waals surface area contributed by atoms with Gasteiger partial charge in [0.2, 0.25) is 5.91 Å². The highest BCUT2D eigenvalue weighted by molar-refractivity contribution is 5.77. The average molecular weight is 329 g/mol. The molecule has 24 heavy (non-hydrogen) atoms. The minimum atomic E-state index is -0.353. The van der Waals surface area contributed by atoms with Crippen LogP contribution >= 0.6 is 0 Å².